The lowest BCUT2D eigenvalue weighted by Gasteiger charge is -2.27. The molecule has 1 N–H and O–H groups in total. The van der Waals surface area contributed by atoms with Gasteiger partial charge in [-0.15, -0.1) is 0 Å². The summed E-state index contributed by atoms with van der Waals surface area (Å²) in [6, 6.07) is 3.23. The van der Waals surface area contributed by atoms with Crippen LogP contribution >= 0.6 is 0 Å². The van der Waals surface area contributed by atoms with Gasteiger partial charge in [0.05, 0.1) is 25.9 Å². The smallest absolute Gasteiger partial charge is 0.298 e. The van der Waals surface area contributed by atoms with Gasteiger partial charge in [-0.3, -0.25) is 14.5 Å². The molecule has 2 aromatic rings. The highest BCUT2D eigenvalue weighted by atomic mass is 16.5. The van der Waals surface area contributed by atoms with Crippen LogP contribution in [0.15, 0.2) is 24.5 Å². The number of fused-ring (bicyclic) bond motifs is 2. The van der Waals surface area contributed by atoms with Crippen LogP contribution in [0.4, 0.5) is 17.3 Å². The fourth-order valence-corrected chi connectivity index (χ4v) is 2.58. The summed E-state index contributed by atoms with van der Waals surface area (Å²) in [4.78, 5) is 34.2. The van der Waals surface area contributed by atoms with Crippen LogP contribution in [-0.4, -0.2) is 48.7 Å². The van der Waals surface area contributed by atoms with E-state index in [1.54, 1.807) is 17.0 Å². The fourth-order valence-electron chi connectivity index (χ4n) is 2.58. The second-order valence-corrected chi connectivity index (χ2v) is 5.65. The molecule has 4 rings (SSSR count). The van der Waals surface area contributed by atoms with Gasteiger partial charge in [0.15, 0.2) is 28.9 Å². The average Bonchev–Trinajstić information content (AvgIpc) is 2.73. The van der Waals surface area contributed by atoms with E-state index >= 15 is 0 Å². The second-order valence-electron chi connectivity index (χ2n) is 5.65. The van der Waals surface area contributed by atoms with E-state index in [2.05, 4.69) is 24.9 Å². The number of amides is 1. The number of hydrogen-bond acceptors (Lipinski definition) is 8. The molecule has 28 heavy (non-hydrogen) atoms. The molecule has 2 aliphatic heterocycles. The van der Waals surface area contributed by atoms with Crippen LogP contribution in [0.2, 0.25) is 0 Å². The molecule has 10 nitrogen and oxygen atoms in total. The van der Waals surface area contributed by atoms with Crippen molar-refractivity contribution in [2.75, 3.05) is 36.5 Å². The lowest BCUT2D eigenvalue weighted by Crippen LogP contribution is -2.36. The number of pyridine rings is 2. The van der Waals surface area contributed by atoms with Gasteiger partial charge in [0.1, 0.15) is 13.2 Å². The predicted octanol–water partition coefficient (Wildman–Crippen LogP) is 1.80. The molecule has 0 radical (unpaired) electrons. The highest BCUT2D eigenvalue weighted by Crippen LogP contribution is 2.32. The first-order valence-electron chi connectivity index (χ1n) is 8.38. The van der Waals surface area contributed by atoms with E-state index in [1.165, 1.54) is 19.3 Å². The van der Waals surface area contributed by atoms with Crippen molar-refractivity contribution in [2.45, 2.75) is 6.92 Å². The van der Waals surface area contributed by atoms with Gasteiger partial charge in [-0.05, 0) is 6.07 Å². The number of hydrogen-bond donors (Lipinski definition) is 1. The van der Waals surface area contributed by atoms with Crippen molar-refractivity contribution in [3.8, 4) is 17.2 Å². The Bertz CT molecular complexity index is 927. The van der Waals surface area contributed by atoms with Crippen molar-refractivity contribution < 1.29 is 23.8 Å². The van der Waals surface area contributed by atoms with Crippen LogP contribution in [0.25, 0.3) is 4.85 Å². The molecule has 0 atom stereocenters. The molecule has 0 bridgehead atoms. The zero-order chi connectivity index (χ0) is 19.9. The number of carbonyl (C=O) groups is 2. The molecule has 1 amide bonds. The Balaban J connectivity index is 0.000000162. The number of nitrogens with zero attached hydrogens (tertiary/aromatic N) is 4. The van der Waals surface area contributed by atoms with Crippen molar-refractivity contribution in [1.29, 1.82) is 0 Å². The van der Waals surface area contributed by atoms with Gasteiger partial charge in [0.2, 0.25) is 11.6 Å². The predicted molar refractivity (Wildman–Crippen MR) is 98.9 cm³/mol. The van der Waals surface area contributed by atoms with E-state index < -0.39 is 0 Å². The first-order valence-corrected chi connectivity index (χ1v) is 8.38. The Kier molecular flexibility index (Phi) is 5.86. The highest BCUT2D eigenvalue weighted by Gasteiger charge is 2.22. The van der Waals surface area contributed by atoms with Gasteiger partial charge in [-0.2, -0.15) is 0 Å². The normalized spacial score (nSPS) is 13.6. The topological polar surface area (TPSA) is 107 Å². The molecule has 0 aromatic carbocycles. The number of nitrogens with one attached hydrogen (secondary N) is 1. The number of carbonyl (C=O) groups excluding carboxylic acids is 2. The molecule has 0 fully saturated rings. The summed E-state index contributed by atoms with van der Waals surface area (Å²) in [5.74, 6) is 2.63. The summed E-state index contributed by atoms with van der Waals surface area (Å²) in [6.07, 6.45) is 2.91. The molecular formula is C18H17N5O5. The van der Waals surface area contributed by atoms with E-state index in [9.17, 15) is 9.59 Å². The third-order valence-corrected chi connectivity index (χ3v) is 3.82. The van der Waals surface area contributed by atoms with Crippen LogP contribution in [0.1, 0.15) is 6.92 Å². The van der Waals surface area contributed by atoms with E-state index in [0.29, 0.717) is 60.8 Å². The molecule has 0 spiro atoms. The fraction of sp³-hybridized carbons (Fsp3) is 0.278. The Morgan fingerprint density at radius 2 is 2.11 bits per heavy atom. The van der Waals surface area contributed by atoms with Crippen LogP contribution < -0.4 is 24.4 Å². The first-order chi connectivity index (χ1) is 13.6. The van der Waals surface area contributed by atoms with Gasteiger partial charge >= 0.3 is 0 Å². The minimum absolute atomic E-state index is 0.0670. The standard InChI is InChI=1S/C10H9N3O2.C8H8N2O3/c1-7(14)13-3-4-15-9-5-8(11-2)6-12-10(9)13;11-5-13-6-3-7-8(10-4-6)9-1-2-12-7/h5-6H,3-4H2,1H3;3-5H,1-2H2,(H,9,10). The van der Waals surface area contributed by atoms with Crippen molar-refractivity contribution in [3.63, 3.8) is 0 Å². The van der Waals surface area contributed by atoms with E-state index in [0.717, 1.165) is 6.54 Å². The minimum Gasteiger partial charge on any atom is -0.489 e. The zero-order valence-electron chi connectivity index (χ0n) is 15.0. The lowest BCUT2D eigenvalue weighted by molar-refractivity contribution is -0.120. The minimum atomic E-state index is -0.0670. The molecule has 0 saturated carbocycles. The number of ether oxygens (including phenoxy) is 3. The summed E-state index contributed by atoms with van der Waals surface area (Å²) in [5, 5.41) is 3.05. The molecular weight excluding hydrogens is 366 g/mol. The highest BCUT2D eigenvalue weighted by molar-refractivity contribution is 5.92. The summed E-state index contributed by atoms with van der Waals surface area (Å²) in [5.41, 5.74) is 0.416. The van der Waals surface area contributed by atoms with Gasteiger partial charge in [-0.1, -0.05) is 0 Å². The molecule has 144 valence electrons. The van der Waals surface area contributed by atoms with Crippen molar-refractivity contribution >= 4 is 29.7 Å². The van der Waals surface area contributed by atoms with Gasteiger partial charge < -0.3 is 19.5 Å². The SMILES string of the molecule is O=COc1cnc2c(c1)OCCN2.[C-]#[N+]c1cnc2c(c1)OCCN2C(C)=O. The summed E-state index contributed by atoms with van der Waals surface area (Å²) in [6.45, 7) is 11.0. The third-order valence-electron chi connectivity index (χ3n) is 3.82. The molecule has 4 heterocycles. The molecule has 2 aliphatic rings. The maximum atomic E-state index is 11.3. The van der Waals surface area contributed by atoms with Crippen LogP contribution in [0.3, 0.4) is 0 Å². The van der Waals surface area contributed by atoms with Gasteiger partial charge in [0, 0.05) is 19.2 Å². The number of anilines is 2. The number of aromatic nitrogens is 2. The first kappa shape index (κ1) is 18.9. The molecule has 0 saturated heterocycles. The summed E-state index contributed by atoms with van der Waals surface area (Å²) in [7, 11) is 0. The lowest BCUT2D eigenvalue weighted by atomic mass is 10.3. The second kappa shape index (κ2) is 8.68. The molecule has 10 heteroatoms. The Morgan fingerprint density at radius 1 is 1.29 bits per heavy atom. The van der Waals surface area contributed by atoms with E-state index in [1.807, 2.05) is 0 Å². The number of rotatable bonds is 2. The average molecular weight is 383 g/mol. The molecule has 2 aromatic heterocycles. The van der Waals surface area contributed by atoms with Crippen LogP contribution in [-0.2, 0) is 9.59 Å². The zero-order valence-corrected chi connectivity index (χ0v) is 15.0. The largest absolute Gasteiger partial charge is 0.489 e. The van der Waals surface area contributed by atoms with Crippen LogP contribution in [0, 0.1) is 6.57 Å². The van der Waals surface area contributed by atoms with Crippen molar-refractivity contribution in [2.24, 2.45) is 0 Å². The Hall–Kier alpha value is -3.87. The monoisotopic (exact) mass is 383 g/mol. The Labute approximate surface area is 160 Å². The molecule has 0 aliphatic carbocycles. The summed E-state index contributed by atoms with van der Waals surface area (Å²) < 4.78 is 15.3. The van der Waals surface area contributed by atoms with E-state index in [4.69, 9.17) is 16.0 Å². The van der Waals surface area contributed by atoms with Gasteiger partial charge in [-0.25, -0.2) is 14.8 Å². The molecule has 0 unspecified atom stereocenters. The van der Waals surface area contributed by atoms with Crippen LogP contribution in [0.5, 0.6) is 17.2 Å². The quantitative estimate of drug-likeness (QED) is 0.618. The Morgan fingerprint density at radius 3 is 2.86 bits per heavy atom. The van der Waals surface area contributed by atoms with Gasteiger partial charge in [0.25, 0.3) is 6.47 Å². The van der Waals surface area contributed by atoms with Crippen molar-refractivity contribution in [3.05, 3.63) is 35.9 Å². The van der Waals surface area contributed by atoms with E-state index in [-0.39, 0.29) is 5.91 Å². The third kappa shape index (κ3) is 4.27. The maximum absolute atomic E-state index is 11.3. The summed E-state index contributed by atoms with van der Waals surface area (Å²) >= 11 is 0. The maximum Gasteiger partial charge on any atom is 0.298 e. The van der Waals surface area contributed by atoms with Crippen molar-refractivity contribution in [1.82, 2.24) is 9.97 Å².